The van der Waals surface area contributed by atoms with Gasteiger partial charge >= 0.3 is 0 Å². The molecule has 0 fully saturated rings. The molecule has 0 spiro atoms. The summed E-state index contributed by atoms with van der Waals surface area (Å²) >= 11 is 1.66. The van der Waals surface area contributed by atoms with Gasteiger partial charge in [0.25, 0.3) is 0 Å². The Labute approximate surface area is 106 Å². The fraction of sp³-hybridized carbons (Fsp3) is 0.385. The molecular weight excluding hydrogens is 230 g/mol. The first-order valence-corrected chi connectivity index (χ1v) is 6.66. The molecule has 0 radical (unpaired) electrons. The fourth-order valence-electron chi connectivity index (χ4n) is 1.98. The van der Waals surface area contributed by atoms with Crippen LogP contribution in [0.25, 0.3) is 11.4 Å². The van der Waals surface area contributed by atoms with Crippen molar-refractivity contribution in [2.24, 2.45) is 0 Å². The van der Waals surface area contributed by atoms with Gasteiger partial charge < -0.3 is 5.32 Å². The predicted octanol–water partition coefficient (Wildman–Crippen LogP) is 3.68. The summed E-state index contributed by atoms with van der Waals surface area (Å²) in [6.45, 7) is 6.38. The van der Waals surface area contributed by atoms with E-state index < -0.39 is 0 Å². The van der Waals surface area contributed by atoms with Crippen molar-refractivity contribution in [3.05, 3.63) is 28.1 Å². The van der Waals surface area contributed by atoms with Crippen LogP contribution in [0, 0.1) is 6.92 Å². The zero-order valence-corrected chi connectivity index (χ0v) is 11.4. The topological polar surface area (TPSA) is 37.8 Å². The van der Waals surface area contributed by atoms with Gasteiger partial charge in [0.05, 0.1) is 0 Å². The number of anilines is 1. The van der Waals surface area contributed by atoms with Gasteiger partial charge in [0.1, 0.15) is 5.82 Å². The Morgan fingerprint density at radius 1 is 1.29 bits per heavy atom. The molecule has 2 rings (SSSR count). The Hall–Kier alpha value is -1.42. The number of aryl methyl sites for hydroxylation is 1. The number of thiophene rings is 1. The number of nitrogens with zero attached hydrogens (tertiary/aromatic N) is 2. The molecule has 90 valence electrons. The first-order chi connectivity index (χ1) is 8.13. The molecule has 0 aliphatic carbocycles. The van der Waals surface area contributed by atoms with Crippen molar-refractivity contribution in [1.82, 2.24) is 9.97 Å². The maximum absolute atomic E-state index is 4.60. The minimum absolute atomic E-state index is 0.425. The van der Waals surface area contributed by atoms with Gasteiger partial charge in [0.2, 0.25) is 0 Å². The maximum Gasteiger partial charge on any atom is 0.162 e. The summed E-state index contributed by atoms with van der Waals surface area (Å²) in [5.74, 6) is 2.17. The van der Waals surface area contributed by atoms with E-state index in [1.807, 2.05) is 25.4 Å². The quantitative estimate of drug-likeness (QED) is 0.899. The highest BCUT2D eigenvalue weighted by Gasteiger charge is 2.14. The number of hydrogen-bond donors (Lipinski definition) is 1. The molecule has 17 heavy (non-hydrogen) atoms. The average molecular weight is 247 g/mol. The number of hydrogen-bond acceptors (Lipinski definition) is 4. The molecule has 2 heterocycles. The van der Waals surface area contributed by atoms with E-state index in [9.17, 15) is 0 Å². The van der Waals surface area contributed by atoms with E-state index in [2.05, 4.69) is 34.5 Å². The van der Waals surface area contributed by atoms with Crippen molar-refractivity contribution in [2.45, 2.75) is 26.7 Å². The minimum atomic E-state index is 0.425. The third-order valence-electron chi connectivity index (χ3n) is 2.73. The molecule has 0 aliphatic rings. The van der Waals surface area contributed by atoms with Crippen LogP contribution in [-0.2, 0) is 0 Å². The highest BCUT2D eigenvalue weighted by atomic mass is 32.1. The van der Waals surface area contributed by atoms with Crippen molar-refractivity contribution in [1.29, 1.82) is 0 Å². The molecular formula is C13H17N3S. The first-order valence-electron chi connectivity index (χ1n) is 5.72. The summed E-state index contributed by atoms with van der Waals surface area (Å²) in [7, 11) is 1.91. The fourth-order valence-corrected chi connectivity index (χ4v) is 2.62. The van der Waals surface area contributed by atoms with E-state index in [-0.39, 0.29) is 0 Å². The zero-order chi connectivity index (χ0) is 12.4. The number of aromatic nitrogens is 2. The molecule has 4 heteroatoms. The van der Waals surface area contributed by atoms with Crippen LogP contribution in [0.4, 0.5) is 5.82 Å². The van der Waals surface area contributed by atoms with E-state index in [0.717, 1.165) is 22.9 Å². The molecule has 0 saturated carbocycles. The molecule has 2 aromatic rings. The van der Waals surface area contributed by atoms with Crippen LogP contribution in [0.1, 0.15) is 31.0 Å². The summed E-state index contributed by atoms with van der Waals surface area (Å²) in [5.41, 5.74) is 3.34. The Bertz CT molecular complexity index is 504. The summed E-state index contributed by atoms with van der Waals surface area (Å²) in [4.78, 5) is 9.20. The van der Waals surface area contributed by atoms with Crippen LogP contribution in [0.3, 0.4) is 0 Å². The van der Waals surface area contributed by atoms with Crippen LogP contribution in [0.15, 0.2) is 16.8 Å². The van der Waals surface area contributed by atoms with Crippen molar-refractivity contribution in [3.63, 3.8) is 0 Å². The van der Waals surface area contributed by atoms with Gasteiger partial charge in [-0.3, -0.25) is 0 Å². The zero-order valence-electron chi connectivity index (χ0n) is 10.6. The lowest BCUT2D eigenvalue weighted by Gasteiger charge is -2.15. The second-order valence-corrected chi connectivity index (χ2v) is 5.09. The molecule has 0 saturated heterocycles. The molecule has 0 aliphatic heterocycles. The normalized spacial score (nSPS) is 10.9. The predicted molar refractivity (Wildman–Crippen MR) is 73.7 cm³/mol. The Morgan fingerprint density at radius 2 is 2.06 bits per heavy atom. The van der Waals surface area contributed by atoms with E-state index in [1.54, 1.807) is 11.3 Å². The van der Waals surface area contributed by atoms with Gasteiger partial charge in [-0.1, -0.05) is 13.8 Å². The lowest BCUT2D eigenvalue weighted by atomic mass is 10.0. The summed E-state index contributed by atoms with van der Waals surface area (Å²) in [6, 6.07) is 2.05. The van der Waals surface area contributed by atoms with Crippen LogP contribution in [0.5, 0.6) is 0 Å². The van der Waals surface area contributed by atoms with E-state index in [1.165, 1.54) is 5.56 Å². The largest absolute Gasteiger partial charge is 0.373 e. The first kappa shape index (κ1) is 12.0. The van der Waals surface area contributed by atoms with Crippen molar-refractivity contribution in [2.75, 3.05) is 12.4 Å². The standard InChI is InChI=1S/C13H17N3S/c1-8(2)11-9(3)15-12(16-13(11)14-4)10-5-6-17-7-10/h5-8H,1-4H3,(H,14,15,16). The van der Waals surface area contributed by atoms with E-state index in [0.29, 0.717) is 5.92 Å². The highest BCUT2D eigenvalue weighted by molar-refractivity contribution is 7.08. The van der Waals surface area contributed by atoms with Crippen LogP contribution in [-0.4, -0.2) is 17.0 Å². The molecule has 3 nitrogen and oxygen atoms in total. The summed E-state index contributed by atoms with van der Waals surface area (Å²) in [5, 5.41) is 7.29. The third-order valence-corrected chi connectivity index (χ3v) is 3.41. The van der Waals surface area contributed by atoms with Crippen molar-refractivity contribution < 1.29 is 0 Å². The van der Waals surface area contributed by atoms with Gasteiger partial charge in [-0.15, -0.1) is 0 Å². The van der Waals surface area contributed by atoms with Crippen LogP contribution >= 0.6 is 11.3 Å². The smallest absolute Gasteiger partial charge is 0.162 e. The molecule has 0 unspecified atom stereocenters. The minimum Gasteiger partial charge on any atom is -0.373 e. The Morgan fingerprint density at radius 3 is 2.59 bits per heavy atom. The molecule has 0 bridgehead atoms. The molecule has 0 amide bonds. The lowest BCUT2D eigenvalue weighted by Crippen LogP contribution is -2.06. The van der Waals surface area contributed by atoms with E-state index in [4.69, 9.17) is 0 Å². The van der Waals surface area contributed by atoms with Gasteiger partial charge in [0, 0.05) is 29.2 Å². The Balaban J connectivity index is 2.56. The highest BCUT2D eigenvalue weighted by Crippen LogP contribution is 2.28. The van der Waals surface area contributed by atoms with Gasteiger partial charge in [-0.2, -0.15) is 11.3 Å². The van der Waals surface area contributed by atoms with Gasteiger partial charge in [-0.25, -0.2) is 9.97 Å². The number of rotatable bonds is 3. The second-order valence-electron chi connectivity index (χ2n) is 4.31. The third kappa shape index (κ3) is 2.31. The maximum atomic E-state index is 4.60. The van der Waals surface area contributed by atoms with E-state index >= 15 is 0 Å². The summed E-state index contributed by atoms with van der Waals surface area (Å²) < 4.78 is 0. The molecule has 0 aromatic carbocycles. The average Bonchev–Trinajstić information content (AvgIpc) is 2.80. The van der Waals surface area contributed by atoms with Gasteiger partial charge in [-0.05, 0) is 24.3 Å². The molecule has 2 aromatic heterocycles. The van der Waals surface area contributed by atoms with Crippen LogP contribution in [0.2, 0.25) is 0 Å². The van der Waals surface area contributed by atoms with Crippen molar-refractivity contribution >= 4 is 17.2 Å². The van der Waals surface area contributed by atoms with Crippen molar-refractivity contribution in [3.8, 4) is 11.4 Å². The SMILES string of the molecule is CNc1nc(-c2ccsc2)nc(C)c1C(C)C. The van der Waals surface area contributed by atoms with Gasteiger partial charge in [0.15, 0.2) is 5.82 Å². The lowest BCUT2D eigenvalue weighted by molar-refractivity contribution is 0.834. The monoisotopic (exact) mass is 247 g/mol. The summed E-state index contributed by atoms with van der Waals surface area (Å²) in [6.07, 6.45) is 0. The second kappa shape index (κ2) is 4.84. The molecule has 1 N–H and O–H groups in total. The molecule has 0 atom stereocenters. The number of nitrogens with one attached hydrogen (secondary N) is 1. The van der Waals surface area contributed by atoms with Crippen LogP contribution < -0.4 is 5.32 Å². The Kier molecular flexibility index (Phi) is 3.43.